The Morgan fingerprint density at radius 2 is 2.14 bits per heavy atom. The summed E-state index contributed by atoms with van der Waals surface area (Å²) in [6.45, 7) is 3.18. The minimum Gasteiger partial charge on any atom is -0.469 e. The number of esters is 2. The minimum atomic E-state index is -0.650. The number of pyridine rings is 1. The number of aromatic nitrogens is 1. The SMILES string of the molecule is CCOC(=O)c1c(NC(=O)CC(=O)OC)sc2c1CCN(c1ccc(Cl)nc1)C2. The number of anilines is 2. The van der Waals surface area contributed by atoms with Crippen LogP contribution >= 0.6 is 22.9 Å². The van der Waals surface area contributed by atoms with Crippen LogP contribution in [0.2, 0.25) is 5.15 Å². The van der Waals surface area contributed by atoms with Crippen molar-refractivity contribution in [3.63, 3.8) is 0 Å². The van der Waals surface area contributed by atoms with Gasteiger partial charge in [0.05, 0.1) is 37.7 Å². The highest BCUT2D eigenvalue weighted by Gasteiger charge is 2.30. The Morgan fingerprint density at radius 1 is 1.34 bits per heavy atom. The van der Waals surface area contributed by atoms with E-state index in [-0.39, 0.29) is 6.61 Å². The zero-order valence-corrected chi connectivity index (χ0v) is 17.6. The quantitative estimate of drug-likeness (QED) is 0.421. The Balaban J connectivity index is 1.88. The average Bonchev–Trinajstić information content (AvgIpc) is 3.05. The van der Waals surface area contributed by atoms with E-state index in [1.165, 1.54) is 18.4 Å². The fourth-order valence-corrected chi connectivity index (χ4v) is 4.44. The van der Waals surface area contributed by atoms with Crippen LogP contribution in [0.3, 0.4) is 0 Å². The maximum Gasteiger partial charge on any atom is 0.341 e. The molecule has 1 N–H and O–H groups in total. The first kappa shape index (κ1) is 21.1. The van der Waals surface area contributed by atoms with Crippen molar-refractivity contribution >= 4 is 51.5 Å². The zero-order valence-electron chi connectivity index (χ0n) is 16.0. The summed E-state index contributed by atoms with van der Waals surface area (Å²) in [6, 6.07) is 3.61. The molecule has 2 aromatic heterocycles. The molecule has 0 saturated heterocycles. The first-order valence-electron chi connectivity index (χ1n) is 8.97. The molecule has 0 aromatic carbocycles. The standard InChI is InChI=1S/C19H20ClN3O5S/c1-3-28-19(26)17-12-6-7-23(11-4-5-14(20)21-9-11)10-13(12)29-18(17)22-15(24)8-16(25)27-2/h4-5,9H,3,6-8,10H2,1-2H3,(H,22,24). The molecule has 29 heavy (non-hydrogen) atoms. The zero-order chi connectivity index (χ0) is 21.0. The third-order valence-corrected chi connectivity index (χ3v) is 5.75. The van der Waals surface area contributed by atoms with E-state index in [2.05, 4.69) is 19.9 Å². The lowest BCUT2D eigenvalue weighted by Gasteiger charge is -2.28. The van der Waals surface area contributed by atoms with Gasteiger partial charge in [-0.3, -0.25) is 9.59 Å². The summed E-state index contributed by atoms with van der Waals surface area (Å²) in [5.41, 5.74) is 2.14. The predicted molar refractivity (Wildman–Crippen MR) is 110 cm³/mol. The van der Waals surface area contributed by atoms with Crippen molar-refractivity contribution in [2.24, 2.45) is 0 Å². The molecule has 0 aliphatic carbocycles. The van der Waals surface area contributed by atoms with Crippen LogP contribution in [0.15, 0.2) is 18.3 Å². The van der Waals surface area contributed by atoms with Gasteiger partial charge in [-0.2, -0.15) is 0 Å². The highest BCUT2D eigenvalue weighted by molar-refractivity contribution is 7.17. The number of amides is 1. The molecular weight excluding hydrogens is 418 g/mol. The monoisotopic (exact) mass is 437 g/mol. The molecule has 1 amide bonds. The van der Waals surface area contributed by atoms with Crippen LogP contribution in [0.4, 0.5) is 10.7 Å². The van der Waals surface area contributed by atoms with E-state index in [9.17, 15) is 14.4 Å². The molecule has 0 atom stereocenters. The molecule has 0 unspecified atom stereocenters. The number of methoxy groups -OCH3 is 1. The maximum atomic E-state index is 12.6. The molecule has 10 heteroatoms. The van der Waals surface area contributed by atoms with Gasteiger partial charge in [-0.15, -0.1) is 11.3 Å². The summed E-state index contributed by atoms with van der Waals surface area (Å²) in [7, 11) is 1.21. The number of ether oxygens (including phenoxy) is 2. The number of carbonyl (C=O) groups is 3. The lowest BCUT2D eigenvalue weighted by atomic mass is 10.0. The van der Waals surface area contributed by atoms with Gasteiger partial charge in [0.15, 0.2) is 0 Å². The lowest BCUT2D eigenvalue weighted by molar-refractivity contribution is -0.142. The molecule has 0 saturated carbocycles. The molecule has 1 aliphatic heterocycles. The molecule has 8 nitrogen and oxygen atoms in total. The highest BCUT2D eigenvalue weighted by atomic mass is 35.5. The summed E-state index contributed by atoms with van der Waals surface area (Å²) in [5.74, 6) is -1.68. The number of hydrogen-bond acceptors (Lipinski definition) is 8. The number of nitrogens with zero attached hydrogens (tertiary/aromatic N) is 2. The van der Waals surface area contributed by atoms with Gasteiger partial charge in [-0.05, 0) is 31.0 Å². The molecule has 1 aliphatic rings. The van der Waals surface area contributed by atoms with E-state index >= 15 is 0 Å². The topological polar surface area (TPSA) is 97.8 Å². The minimum absolute atomic E-state index is 0.224. The number of carbonyl (C=O) groups excluding carboxylic acids is 3. The van der Waals surface area contributed by atoms with E-state index in [1.54, 1.807) is 19.2 Å². The lowest BCUT2D eigenvalue weighted by Crippen LogP contribution is -2.30. The second-order valence-electron chi connectivity index (χ2n) is 6.24. The summed E-state index contributed by atoms with van der Waals surface area (Å²) in [6.07, 6.45) is 1.88. The molecule has 0 spiro atoms. The molecule has 154 valence electrons. The van der Waals surface area contributed by atoms with E-state index in [1.807, 2.05) is 6.07 Å². The van der Waals surface area contributed by atoms with Crippen molar-refractivity contribution in [1.82, 2.24) is 4.98 Å². The first-order chi connectivity index (χ1) is 13.9. The summed E-state index contributed by atoms with van der Waals surface area (Å²) in [5, 5.41) is 3.47. The third-order valence-electron chi connectivity index (χ3n) is 4.40. The number of halogens is 1. The van der Waals surface area contributed by atoms with Crippen LogP contribution in [0.1, 0.15) is 34.1 Å². The third kappa shape index (κ3) is 4.86. The van der Waals surface area contributed by atoms with Crippen LogP contribution in [-0.4, -0.2) is 43.1 Å². The molecule has 0 radical (unpaired) electrons. The Morgan fingerprint density at radius 3 is 2.79 bits per heavy atom. The second-order valence-corrected chi connectivity index (χ2v) is 7.73. The van der Waals surface area contributed by atoms with Gasteiger partial charge >= 0.3 is 11.9 Å². The number of thiophene rings is 1. The van der Waals surface area contributed by atoms with E-state index in [4.69, 9.17) is 16.3 Å². The van der Waals surface area contributed by atoms with E-state index in [0.29, 0.717) is 35.2 Å². The van der Waals surface area contributed by atoms with Crippen molar-refractivity contribution in [3.05, 3.63) is 39.5 Å². The van der Waals surface area contributed by atoms with Crippen LogP contribution in [0, 0.1) is 0 Å². The van der Waals surface area contributed by atoms with Crippen molar-refractivity contribution < 1.29 is 23.9 Å². The van der Waals surface area contributed by atoms with Crippen LogP contribution in [0.5, 0.6) is 0 Å². The van der Waals surface area contributed by atoms with Crippen molar-refractivity contribution in [2.45, 2.75) is 26.3 Å². The van der Waals surface area contributed by atoms with Gasteiger partial charge in [0.2, 0.25) is 5.91 Å². The largest absolute Gasteiger partial charge is 0.469 e. The van der Waals surface area contributed by atoms with Gasteiger partial charge in [-0.25, -0.2) is 9.78 Å². The van der Waals surface area contributed by atoms with Crippen molar-refractivity contribution in [3.8, 4) is 0 Å². The van der Waals surface area contributed by atoms with Gasteiger partial charge in [0.1, 0.15) is 16.6 Å². The molecule has 0 bridgehead atoms. The molecule has 3 rings (SSSR count). The summed E-state index contributed by atoms with van der Waals surface area (Å²) >= 11 is 7.17. The Bertz CT molecular complexity index is 929. The van der Waals surface area contributed by atoms with Crippen molar-refractivity contribution in [2.75, 3.05) is 30.5 Å². The molecule has 3 heterocycles. The fourth-order valence-electron chi connectivity index (χ4n) is 3.06. The van der Waals surface area contributed by atoms with Gasteiger partial charge in [0, 0.05) is 11.4 Å². The number of rotatable bonds is 6. The van der Waals surface area contributed by atoms with Crippen molar-refractivity contribution in [1.29, 1.82) is 0 Å². The molecule has 2 aromatic rings. The molecular formula is C19H20ClN3O5S. The van der Waals surface area contributed by atoms with Crippen LogP contribution < -0.4 is 10.2 Å². The van der Waals surface area contributed by atoms with Gasteiger partial charge < -0.3 is 19.7 Å². The summed E-state index contributed by atoms with van der Waals surface area (Å²) < 4.78 is 9.71. The predicted octanol–water partition coefficient (Wildman–Crippen LogP) is 3.04. The highest BCUT2D eigenvalue weighted by Crippen LogP contribution is 2.38. The van der Waals surface area contributed by atoms with E-state index in [0.717, 1.165) is 16.1 Å². The Labute approximate surface area is 176 Å². The maximum absolute atomic E-state index is 12.6. The second kappa shape index (κ2) is 9.23. The average molecular weight is 438 g/mol. The first-order valence-corrected chi connectivity index (χ1v) is 10.2. The number of nitrogens with one attached hydrogen (secondary N) is 1. The fraction of sp³-hybridized carbons (Fsp3) is 0.368. The normalized spacial score (nSPS) is 12.9. The Kier molecular flexibility index (Phi) is 6.71. The Hall–Kier alpha value is -2.65. The van der Waals surface area contributed by atoms with E-state index < -0.39 is 24.3 Å². The van der Waals surface area contributed by atoms with Crippen LogP contribution in [-0.2, 0) is 32.0 Å². The molecule has 0 fully saturated rings. The smallest absolute Gasteiger partial charge is 0.341 e. The van der Waals surface area contributed by atoms with Gasteiger partial charge in [0.25, 0.3) is 0 Å². The van der Waals surface area contributed by atoms with Crippen LogP contribution in [0.25, 0.3) is 0 Å². The number of hydrogen-bond donors (Lipinski definition) is 1. The summed E-state index contributed by atoms with van der Waals surface area (Å²) in [4.78, 5) is 43.2. The van der Waals surface area contributed by atoms with Gasteiger partial charge in [-0.1, -0.05) is 11.6 Å². The number of fused-ring (bicyclic) bond motifs is 1.